The Morgan fingerprint density at radius 2 is 2.40 bits per heavy atom. The molecule has 3 nitrogen and oxygen atoms in total. The lowest BCUT2D eigenvalue weighted by Crippen LogP contribution is -1.92. The van der Waals surface area contributed by atoms with Crippen LogP contribution in [0.25, 0.3) is 10.6 Å². The third kappa shape index (κ3) is 2.30. The minimum absolute atomic E-state index is 0.126. The zero-order valence-electron chi connectivity index (χ0n) is 8.25. The van der Waals surface area contributed by atoms with Crippen molar-refractivity contribution < 1.29 is 5.11 Å². The second-order valence-electron chi connectivity index (χ2n) is 3.26. The summed E-state index contributed by atoms with van der Waals surface area (Å²) >= 11 is 5.08. The molecule has 15 heavy (non-hydrogen) atoms. The van der Waals surface area contributed by atoms with Crippen molar-refractivity contribution >= 4 is 27.3 Å². The topological polar surface area (TPSA) is 48.9 Å². The average molecular weight is 287 g/mol. The molecule has 0 saturated heterocycles. The summed E-state index contributed by atoms with van der Waals surface area (Å²) in [4.78, 5) is 8.77. The maximum absolute atomic E-state index is 8.83. The number of aliphatic hydroxyl groups excluding tert-OH is 1. The van der Waals surface area contributed by atoms with Gasteiger partial charge in [0.1, 0.15) is 11.5 Å². The number of aromatic nitrogens is 2. The van der Waals surface area contributed by atoms with Gasteiger partial charge in [-0.1, -0.05) is 0 Å². The van der Waals surface area contributed by atoms with Crippen molar-refractivity contribution in [2.24, 2.45) is 0 Å². The molecule has 2 heterocycles. The quantitative estimate of drug-likeness (QED) is 0.912. The SMILES string of the molecule is Cc1[nH]c(CCO)nc1-c1cc(Br)cs1. The summed E-state index contributed by atoms with van der Waals surface area (Å²) in [5.74, 6) is 0.842. The number of halogens is 1. The van der Waals surface area contributed by atoms with Gasteiger partial charge in [0.2, 0.25) is 0 Å². The molecule has 2 aromatic heterocycles. The third-order valence-electron chi connectivity index (χ3n) is 2.08. The molecule has 0 aromatic carbocycles. The highest BCUT2D eigenvalue weighted by molar-refractivity contribution is 9.10. The third-order valence-corrected chi connectivity index (χ3v) is 3.78. The largest absolute Gasteiger partial charge is 0.396 e. The molecule has 0 aliphatic rings. The molecule has 0 aliphatic carbocycles. The first kappa shape index (κ1) is 10.9. The molecule has 0 aliphatic heterocycles. The van der Waals surface area contributed by atoms with E-state index in [1.807, 2.05) is 12.3 Å². The number of hydrogen-bond acceptors (Lipinski definition) is 3. The zero-order chi connectivity index (χ0) is 10.8. The van der Waals surface area contributed by atoms with E-state index in [1.165, 1.54) is 0 Å². The molecule has 0 fully saturated rings. The molecule has 2 N–H and O–H groups in total. The fraction of sp³-hybridized carbons (Fsp3) is 0.300. The van der Waals surface area contributed by atoms with Gasteiger partial charge in [-0.05, 0) is 28.9 Å². The van der Waals surface area contributed by atoms with Gasteiger partial charge in [-0.25, -0.2) is 4.98 Å². The lowest BCUT2D eigenvalue weighted by atomic mass is 10.3. The average Bonchev–Trinajstić information content (AvgIpc) is 2.73. The van der Waals surface area contributed by atoms with Crippen LogP contribution in [-0.4, -0.2) is 21.7 Å². The van der Waals surface area contributed by atoms with Crippen LogP contribution in [0, 0.1) is 6.92 Å². The van der Waals surface area contributed by atoms with Gasteiger partial charge in [-0.3, -0.25) is 0 Å². The molecular formula is C10H11BrN2OS. The highest BCUT2D eigenvalue weighted by Crippen LogP contribution is 2.30. The predicted molar refractivity (Wildman–Crippen MR) is 65.1 cm³/mol. The molecule has 0 radical (unpaired) electrons. The maximum Gasteiger partial charge on any atom is 0.109 e. The van der Waals surface area contributed by atoms with Crippen LogP contribution in [-0.2, 0) is 6.42 Å². The molecule has 0 saturated carbocycles. The van der Waals surface area contributed by atoms with Crippen LogP contribution in [0.3, 0.4) is 0 Å². The summed E-state index contributed by atoms with van der Waals surface area (Å²) in [6.07, 6.45) is 0.577. The van der Waals surface area contributed by atoms with Crippen molar-refractivity contribution in [2.75, 3.05) is 6.61 Å². The summed E-state index contributed by atoms with van der Waals surface area (Å²) in [5.41, 5.74) is 2.03. The number of aliphatic hydroxyl groups is 1. The van der Waals surface area contributed by atoms with E-state index in [-0.39, 0.29) is 6.61 Å². The molecule has 0 bridgehead atoms. The molecular weight excluding hydrogens is 276 g/mol. The number of imidazole rings is 1. The molecule has 5 heteroatoms. The van der Waals surface area contributed by atoms with Gasteiger partial charge in [0.25, 0.3) is 0 Å². The van der Waals surface area contributed by atoms with Gasteiger partial charge in [-0.15, -0.1) is 11.3 Å². The summed E-state index contributed by atoms with van der Waals surface area (Å²) in [6, 6.07) is 2.05. The van der Waals surface area contributed by atoms with Crippen molar-refractivity contribution in [1.29, 1.82) is 0 Å². The number of aromatic amines is 1. The Bertz CT molecular complexity index is 464. The smallest absolute Gasteiger partial charge is 0.109 e. The fourth-order valence-electron chi connectivity index (χ4n) is 1.42. The number of aryl methyl sites for hydroxylation is 1. The van der Waals surface area contributed by atoms with Gasteiger partial charge in [0, 0.05) is 22.0 Å². The van der Waals surface area contributed by atoms with Crippen LogP contribution in [0.2, 0.25) is 0 Å². The summed E-state index contributed by atoms with van der Waals surface area (Å²) in [5, 5.41) is 10.9. The van der Waals surface area contributed by atoms with Crippen molar-refractivity contribution in [3.8, 4) is 10.6 Å². The van der Waals surface area contributed by atoms with Gasteiger partial charge in [0.15, 0.2) is 0 Å². The van der Waals surface area contributed by atoms with E-state index < -0.39 is 0 Å². The molecule has 80 valence electrons. The molecule has 0 atom stereocenters. The number of hydrogen-bond donors (Lipinski definition) is 2. The Labute approximate surface area is 100 Å². The van der Waals surface area contributed by atoms with E-state index in [9.17, 15) is 0 Å². The number of thiophene rings is 1. The van der Waals surface area contributed by atoms with Crippen LogP contribution >= 0.6 is 27.3 Å². The second kappa shape index (κ2) is 4.47. The monoisotopic (exact) mass is 286 g/mol. The van der Waals surface area contributed by atoms with E-state index in [1.54, 1.807) is 11.3 Å². The minimum Gasteiger partial charge on any atom is -0.396 e. The first-order valence-corrected chi connectivity index (χ1v) is 6.28. The van der Waals surface area contributed by atoms with Crippen LogP contribution in [0.5, 0.6) is 0 Å². The highest BCUT2D eigenvalue weighted by atomic mass is 79.9. The van der Waals surface area contributed by atoms with Gasteiger partial charge in [-0.2, -0.15) is 0 Å². The lowest BCUT2D eigenvalue weighted by molar-refractivity contribution is 0.297. The Balaban J connectivity index is 2.35. The van der Waals surface area contributed by atoms with Crippen LogP contribution < -0.4 is 0 Å². The molecule has 0 unspecified atom stereocenters. The minimum atomic E-state index is 0.126. The van der Waals surface area contributed by atoms with E-state index in [0.29, 0.717) is 6.42 Å². The highest BCUT2D eigenvalue weighted by Gasteiger charge is 2.10. The van der Waals surface area contributed by atoms with Crippen LogP contribution in [0.1, 0.15) is 11.5 Å². The maximum atomic E-state index is 8.83. The van der Waals surface area contributed by atoms with Crippen LogP contribution in [0.4, 0.5) is 0 Å². The first-order chi connectivity index (χ1) is 7.20. The number of nitrogens with one attached hydrogen (secondary N) is 1. The van der Waals surface area contributed by atoms with Crippen molar-refractivity contribution in [3.63, 3.8) is 0 Å². The zero-order valence-corrected chi connectivity index (χ0v) is 10.7. The number of rotatable bonds is 3. The first-order valence-electron chi connectivity index (χ1n) is 4.61. The van der Waals surface area contributed by atoms with Crippen molar-refractivity contribution in [1.82, 2.24) is 9.97 Å². The molecule has 2 aromatic rings. The Morgan fingerprint density at radius 3 is 3.00 bits per heavy atom. The number of H-pyrrole nitrogens is 1. The van der Waals surface area contributed by atoms with Crippen molar-refractivity contribution in [3.05, 3.63) is 27.4 Å². The summed E-state index contributed by atoms with van der Waals surface area (Å²) in [7, 11) is 0. The normalized spacial score (nSPS) is 10.9. The summed E-state index contributed by atoms with van der Waals surface area (Å²) in [6.45, 7) is 2.12. The van der Waals surface area contributed by atoms with E-state index >= 15 is 0 Å². The van der Waals surface area contributed by atoms with Gasteiger partial charge in [0.05, 0.1) is 11.5 Å². The van der Waals surface area contributed by atoms with Crippen molar-refractivity contribution in [2.45, 2.75) is 13.3 Å². The second-order valence-corrected chi connectivity index (χ2v) is 5.09. The van der Waals surface area contributed by atoms with Gasteiger partial charge >= 0.3 is 0 Å². The van der Waals surface area contributed by atoms with E-state index in [2.05, 4.69) is 32.0 Å². The fourth-order valence-corrected chi connectivity index (χ4v) is 2.90. The van der Waals surface area contributed by atoms with Crippen LogP contribution in [0.15, 0.2) is 15.9 Å². The standard InChI is InChI=1S/C10H11BrN2OS/c1-6-10(8-4-7(11)5-15-8)13-9(12-6)2-3-14/h4-5,14H,2-3H2,1H3,(H,12,13). The number of nitrogens with zero attached hydrogens (tertiary/aromatic N) is 1. The predicted octanol–water partition coefficient (Wildman–Crippen LogP) is 2.74. The van der Waals surface area contributed by atoms with E-state index in [0.717, 1.165) is 26.6 Å². The molecule has 0 spiro atoms. The Kier molecular flexibility index (Phi) is 3.23. The lowest BCUT2D eigenvalue weighted by Gasteiger charge is -1.90. The Morgan fingerprint density at radius 1 is 1.60 bits per heavy atom. The summed E-state index contributed by atoms with van der Waals surface area (Å²) < 4.78 is 1.08. The Hall–Kier alpha value is -0.650. The molecule has 0 amide bonds. The van der Waals surface area contributed by atoms with Gasteiger partial charge < -0.3 is 10.1 Å². The van der Waals surface area contributed by atoms with E-state index in [4.69, 9.17) is 5.11 Å². The molecule has 2 rings (SSSR count).